The Bertz CT molecular complexity index is 125. The Hall–Kier alpha value is -0.160. The molecule has 4 nitrogen and oxygen atoms in total. The molecule has 0 heterocycles. The van der Waals surface area contributed by atoms with Gasteiger partial charge >= 0.3 is 0 Å². The Morgan fingerprint density at radius 1 is 1.14 bits per heavy atom. The summed E-state index contributed by atoms with van der Waals surface area (Å²) in [6.45, 7) is 5.43. The maximum Gasteiger partial charge on any atom is 0.0852 e. The molecule has 0 radical (unpaired) electrons. The molecule has 86 valence electrons. The molecule has 0 rings (SSSR count). The van der Waals surface area contributed by atoms with Gasteiger partial charge in [0.05, 0.1) is 38.6 Å². The van der Waals surface area contributed by atoms with E-state index in [9.17, 15) is 5.11 Å². The first kappa shape index (κ1) is 13.8. The monoisotopic (exact) mass is 206 g/mol. The minimum atomic E-state index is -0.730. The second-order valence-corrected chi connectivity index (χ2v) is 3.64. The molecule has 0 fully saturated rings. The predicted molar refractivity (Wildman–Crippen MR) is 54.3 cm³/mol. The molecule has 0 aromatic heterocycles. The molecule has 0 aliphatic carbocycles. The number of rotatable bonds is 9. The standard InChI is InChI=1S/C10H22O4/c1-3-4-10(2,12)9-14-8-7-13-6-5-11/h11-12H,3-9H2,1-2H3. The topological polar surface area (TPSA) is 58.9 Å². The minimum absolute atomic E-state index is 0.0353. The van der Waals surface area contributed by atoms with Crippen LogP contribution in [0.15, 0.2) is 0 Å². The third kappa shape index (κ3) is 8.44. The van der Waals surface area contributed by atoms with Gasteiger partial charge in [-0.3, -0.25) is 0 Å². The largest absolute Gasteiger partial charge is 0.394 e. The van der Waals surface area contributed by atoms with Gasteiger partial charge in [0.25, 0.3) is 0 Å². The third-order valence-corrected chi connectivity index (χ3v) is 1.81. The molecule has 0 saturated heterocycles. The molecule has 14 heavy (non-hydrogen) atoms. The molecule has 2 N–H and O–H groups in total. The zero-order valence-electron chi connectivity index (χ0n) is 9.16. The smallest absolute Gasteiger partial charge is 0.0852 e. The van der Waals surface area contributed by atoms with Crippen molar-refractivity contribution >= 4 is 0 Å². The summed E-state index contributed by atoms with van der Waals surface area (Å²) in [6, 6.07) is 0. The Morgan fingerprint density at radius 2 is 1.79 bits per heavy atom. The first-order chi connectivity index (χ1) is 6.62. The number of hydrogen-bond acceptors (Lipinski definition) is 4. The molecule has 0 amide bonds. The van der Waals surface area contributed by atoms with Crippen LogP contribution in [-0.4, -0.2) is 48.8 Å². The highest BCUT2D eigenvalue weighted by Crippen LogP contribution is 2.11. The van der Waals surface area contributed by atoms with Crippen LogP contribution in [-0.2, 0) is 9.47 Å². The summed E-state index contributed by atoms with van der Waals surface area (Å²) in [5.41, 5.74) is -0.730. The Morgan fingerprint density at radius 3 is 2.36 bits per heavy atom. The van der Waals surface area contributed by atoms with Gasteiger partial charge in [0.15, 0.2) is 0 Å². The van der Waals surface area contributed by atoms with Crippen LogP contribution in [0.3, 0.4) is 0 Å². The number of ether oxygens (including phenoxy) is 2. The van der Waals surface area contributed by atoms with Crippen molar-refractivity contribution in [1.82, 2.24) is 0 Å². The summed E-state index contributed by atoms with van der Waals surface area (Å²) in [5.74, 6) is 0. The van der Waals surface area contributed by atoms with Crippen LogP contribution in [0.1, 0.15) is 26.7 Å². The van der Waals surface area contributed by atoms with E-state index in [1.54, 1.807) is 6.92 Å². The average Bonchev–Trinajstić information content (AvgIpc) is 2.11. The second kappa shape index (κ2) is 8.17. The highest BCUT2D eigenvalue weighted by molar-refractivity contribution is 4.70. The van der Waals surface area contributed by atoms with Gasteiger partial charge in [-0.1, -0.05) is 13.3 Å². The van der Waals surface area contributed by atoms with Gasteiger partial charge in [-0.25, -0.2) is 0 Å². The lowest BCUT2D eigenvalue weighted by Crippen LogP contribution is -2.31. The average molecular weight is 206 g/mol. The van der Waals surface area contributed by atoms with E-state index in [4.69, 9.17) is 14.6 Å². The highest BCUT2D eigenvalue weighted by Gasteiger charge is 2.18. The van der Waals surface area contributed by atoms with E-state index in [-0.39, 0.29) is 6.61 Å². The zero-order valence-corrected chi connectivity index (χ0v) is 9.16. The summed E-state index contributed by atoms with van der Waals surface area (Å²) in [6.07, 6.45) is 1.68. The lowest BCUT2D eigenvalue weighted by molar-refractivity contribution is -0.0537. The van der Waals surface area contributed by atoms with Crippen molar-refractivity contribution in [1.29, 1.82) is 0 Å². The van der Waals surface area contributed by atoms with E-state index in [1.807, 2.05) is 6.92 Å². The van der Waals surface area contributed by atoms with Crippen molar-refractivity contribution < 1.29 is 19.7 Å². The molecule has 0 aliphatic rings. The first-order valence-electron chi connectivity index (χ1n) is 5.11. The van der Waals surface area contributed by atoms with Gasteiger partial charge in [-0.05, 0) is 13.3 Å². The zero-order chi connectivity index (χ0) is 10.9. The SMILES string of the molecule is CCCC(C)(O)COCCOCCO. The van der Waals surface area contributed by atoms with Crippen LogP contribution in [0.2, 0.25) is 0 Å². The van der Waals surface area contributed by atoms with Gasteiger partial charge in [0, 0.05) is 0 Å². The molecule has 0 aromatic rings. The van der Waals surface area contributed by atoms with E-state index in [2.05, 4.69) is 0 Å². The molecule has 0 spiro atoms. The van der Waals surface area contributed by atoms with Crippen LogP contribution < -0.4 is 0 Å². The van der Waals surface area contributed by atoms with Crippen molar-refractivity contribution in [3.8, 4) is 0 Å². The summed E-state index contributed by atoms with van der Waals surface area (Å²) < 4.78 is 10.2. The maximum atomic E-state index is 9.71. The van der Waals surface area contributed by atoms with Gasteiger partial charge in [0.1, 0.15) is 0 Å². The summed E-state index contributed by atoms with van der Waals surface area (Å²) in [4.78, 5) is 0. The molecular formula is C10H22O4. The quantitative estimate of drug-likeness (QED) is 0.541. The van der Waals surface area contributed by atoms with Crippen molar-refractivity contribution in [2.75, 3.05) is 33.0 Å². The third-order valence-electron chi connectivity index (χ3n) is 1.81. The molecule has 1 unspecified atom stereocenters. The van der Waals surface area contributed by atoms with E-state index in [1.165, 1.54) is 0 Å². The number of hydrogen-bond donors (Lipinski definition) is 2. The Balaban J connectivity index is 3.26. The van der Waals surface area contributed by atoms with Crippen LogP contribution in [0, 0.1) is 0 Å². The lowest BCUT2D eigenvalue weighted by atomic mass is 10.0. The summed E-state index contributed by atoms with van der Waals surface area (Å²) >= 11 is 0. The number of aliphatic hydroxyl groups is 2. The maximum absolute atomic E-state index is 9.71. The fourth-order valence-corrected chi connectivity index (χ4v) is 1.19. The van der Waals surface area contributed by atoms with Crippen molar-refractivity contribution in [3.63, 3.8) is 0 Å². The molecular weight excluding hydrogens is 184 g/mol. The highest BCUT2D eigenvalue weighted by atomic mass is 16.5. The van der Waals surface area contributed by atoms with Gasteiger partial charge in [0.2, 0.25) is 0 Å². The number of aliphatic hydroxyl groups excluding tert-OH is 1. The van der Waals surface area contributed by atoms with Crippen LogP contribution in [0.4, 0.5) is 0 Å². The molecule has 0 saturated carbocycles. The second-order valence-electron chi connectivity index (χ2n) is 3.64. The van der Waals surface area contributed by atoms with Crippen molar-refractivity contribution in [2.45, 2.75) is 32.3 Å². The van der Waals surface area contributed by atoms with E-state index in [0.29, 0.717) is 26.4 Å². The molecule has 1 atom stereocenters. The Kier molecular flexibility index (Phi) is 8.08. The lowest BCUT2D eigenvalue weighted by Gasteiger charge is -2.22. The van der Waals surface area contributed by atoms with E-state index in [0.717, 1.165) is 12.8 Å². The fraction of sp³-hybridized carbons (Fsp3) is 1.00. The molecule has 4 heteroatoms. The van der Waals surface area contributed by atoms with Crippen molar-refractivity contribution in [3.05, 3.63) is 0 Å². The van der Waals surface area contributed by atoms with Gasteiger partial charge in [-0.2, -0.15) is 0 Å². The summed E-state index contributed by atoms with van der Waals surface area (Å²) in [7, 11) is 0. The fourth-order valence-electron chi connectivity index (χ4n) is 1.19. The van der Waals surface area contributed by atoms with Gasteiger partial charge in [-0.15, -0.1) is 0 Å². The van der Waals surface area contributed by atoms with E-state index < -0.39 is 5.60 Å². The van der Waals surface area contributed by atoms with Crippen LogP contribution in [0.5, 0.6) is 0 Å². The Labute approximate surface area is 85.8 Å². The van der Waals surface area contributed by atoms with E-state index >= 15 is 0 Å². The first-order valence-corrected chi connectivity index (χ1v) is 5.11. The van der Waals surface area contributed by atoms with Crippen LogP contribution in [0.25, 0.3) is 0 Å². The molecule has 0 aliphatic heterocycles. The molecule has 0 bridgehead atoms. The molecule has 0 aromatic carbocycles. The van der Waals surface area contributed by atoms with Crippen LogP contribution >= 0.6 is 0 Å². The van der Waals surface area contributed by atoms with Gasteiger partial charge < -0.3 is 19.7 Å². The minimum Gasteiger partial charge on any atom is -0.394 e. The normalized spacial score (nSPS) is 15.4. The summed E-state index contributed by atoms with van der Waals surface area (Å²) in [5, 5.41) is 18.1. The predicted octanol–water partition coefficient (Wildman–Crippen LogP) is 0.563. The van der Waals surface area contributed by atoms with Crippen molar-refractivity contribution in [2.24, 2.45) is 0 Å².